The Morgan fingerprint density at radius 1 is 1.24 bits per heavy atom. The Hall–Kier alpha value is -2.89. The van der Waals surface area contributed by atoms with E-state index in [-0.39, 0.29) is 23.7 Å². The van der Waals surface area contributed by atoms with Crippen LogP contribution in [0.2, 0.25) is 0 Å². The monoisotopic (exact) mass is 416 g/mol. The van der Waals surface area contributed by atoms with E-state index >= 15 is 0 Å². The molecule has 4 rings (SSSR count). The van der Waals surface area contributed by atoms with Crippen molar-refractivity contribution < 1.29 is 13.2 Å². The van der Waals surface area contributed by atoms with Gasteiger partial charge in [-0.2, -0.15) is 10.2 Å². The van der Waals surface area contributed by atoms with Gasteiger partial charge in [0.1, 0.15) is 4.90 Å². The summed E-state index contributed by atoms with van der Waals surface area (Å²) in [5, 5.41) is 11.0. The van der Waals surface area contributed by atoms with Crippen LogP contribution in [0.25, 0.3) is 11.3 Å². The van der Waals surface area contributed by atoms with Crippen molar-refractivity contribution in [2.24, 2.45) is 0 Å². The first kappa shape index (κ1) is 19.4. The lowest BCUT2D eigenvalue weighted by molar-refractivity contribution is 0.182. The van der Waals surface area contributed by atoms with Crippen molar-refractivity contribution in [3.8, 4) is 11.3 Å². The van der Waals surface area contributed by atoms with Crippen LogP contribution in [0.5, 0.6) is 0 Å². The molecule has 0 radical (unpaired) electrons. The fourth-order valence-corrected chi connectivity index (χ4v) is 5.05. The van der Waals surface area contributed by atoms with Crippen LogP contribution in [-0.4, -0.2) is 52.6 Å². The molecule has 3 aromatic rings. The highest BCUT2D eigenvalue weighted by Crippen LogP contribution is 2.23. The molecule has 2 atom stereocenters. The highest BCUT2D eigenvalue weighted by molar-refractivity contribution is 7.89. The highest BCUT2D eigenvalue weighted by Gasteiger charge is 2.36. The first-order valence-corrected chi connectivity index (χ1v) is 10.5. The summed E-state index contributed by atoms with van der Waals surface area (Å²) in [6.45, 7) is 3.55. The zero-order valence-corrected chi connectivity index (χ0v) is 16.7. The Labute approximate surface area is 167 Å². The summed E-state index contributed by atoms with van der Waals surface area (Å²) in [6.07, 6.45) is 3.29. The summed E-state index contributed by atoms with van der Waals surface area (Å²) in [5.41, 5.74) is 1.79. The van der Waals surface area contributed by atoms with Gasteiger partial charge in [-0.3, -0.25) is 14.9 Å². The minimum atomic E-state index is -3.85. The molecule has 0 saturated carbocycles. The lowest BCUT2D eigenvalue weighted by atomic mass is 10.2. The van der Waals surface area contributed by atoms with E-state index < -0.39 is 22.1 Å². The average molecular weight is 416 g/mol. The largest absolute Gasteiger partial charge is 0.377 e. The molecule has 152 valence electrons. The van der Waals surface area contributed by atoms with Crippen LogP contribution in [0.15, 0.2) is 46.3 Å². The van der Waals surface area contributed by atoms with Gasteiger partial charge in [-0.1, -0.05) is 0 Å². The van der Waals surface area contributed by atoms with Gasteiger partial charge in [0.25, 0.3) is 5.56 Å². The van der Waals surface area contributed by atoms with Crippen LogP contribution in [0, 0.1) is 13.8 Å². The topological polar surface area (TPSA) is 132 Å². The van der Waals surface area contributed by atoms with Crippen LogP contribution in [0.1, 0.15) is 17.4 Å². The van der Waals surface area contributed by atoms with Crippen molar-refractivity contribution in [3.63, 3.8) is 0 Å². The maximum absolute atomic E-state index is 12.9. The molecule has 2 unspecified atom stereocenters. The van der Waals surface area contributed by atoms with E-state index in [1.807, 2.05) is 6.07 Å². The van der Waals surface area contributed by atoms with E-state index in [1.54, 1.807) is 38.4 Å². The predicted molar refractivity (Wildman–Crippen MR) is 104 cm³/mol. The normalized spacial score (nSPS) is 19.5. The second-order valence-electron chi connectivity index (χ2n) is 6.84. The van der Waals surface area contributed by atoms with E-state index in [9.17, 15) is 13.2 Å². The molecule has 1 aliphatic rings. The number of nitrogens with one attached hydrogen (secondary N) is 2. The molecule has 0 spiro atoms. The number of hydrogen-bond donors (Lipinski definition) is 2. The lowest BCUT2D eigenvalue weighted by Gasteiger charge is -2.20. The summed E-state index contributed by atoms with van der Waals surface area (Å²) in [4.78, 5) is 16.6. The standard InChI is InChI=1S/C18H20N6O4S/c1-11-18(12(2)21-20-11)29(26,27)23-15-9-28-10-16(15)24-17(25)6-5-14(22-24)13-4-3-7-19-8-13/h3-8,15-16,23H,9-10H2,1-2H3,(H,20,21). The van der Waals surface area contributed by atoms with Gasteiger partial charge in [0.15, 0.2) is 0 Å². The molecule has 1 saturated heterocycles. The molecule has 0 amide bonds. The highest BCUT2D eigenvalue weighted by atomic mass is 32.2. The number of pyridine rings is 1. The van der Waals surface area contributed by atoms with Crippen LogP contribution >= 0.6 is 0 Å². The van der Waals surface area contributed by atoms with Gasteiger partial charge in [-0.25, -0.2) is 17.8 Å². The summed E-state index contributed by atoms with van der Waals surface area (Å²) in [7, 11) is -3.85. The van der Waals surface area contributed by atoms with Gasteiger partial charge in [-0.05, 0) is 32.0 Å². The third-order valence-corrected chi connectivity index (χ3v) is 6.53. The molecule has 11 heteroatoms. The first-order chi connectivity index (χ1) is 13.9. The zero-order chi connectivity index (χ0) is 20.6. The summed E-state index contributed by atoms with van der Waals surface area (Å²) < 4.78 is 35.2. The zero-order valence-electron chi connectivity index (χ0n) is 15.9. The van der Waals surface area contributed by atoms with Crippen molar-refractivity contribution in [2.45, 2.75) is 30.8 Å². The van der Waals surface area contributed by atoms with Crippen LogP contribution in [0.4, 0.5) is 0 Å². The van der Waals surface area contributed by atoms with Gasteiger partial charge in [0, 0.05) is 24.0 Å². The van der Waals surface area contributed by atoms with Crippen molar-refractivity contribution in [2.75, 3.05) is 13.2 Å². The number of nitrogens with zero attached hydrogens (tertiary/aromatic N) is 4. The fraction of sp³-hybridized carbons (Fsp3) is 0.333. The van der Waals surface area contributed by atoms with Gasteiger partial charge in [0.05, 0.1) is 42.4 Å². The Balaban J connectivity index is 1.66. The molecule has 10 nitrogen and oxygen atoms in total. The maximum Gasteiger partial charge on any atom is 0.267 e. The molecule has 4 heterocycles. The number of aryl methyl sites for hydroxylation is 2. The van der Waals surface area contributed by atoms with Gasteiger partial charge in [0.2, 0.25) is 10.0 Å². The summed E-state index contributed by atoms with van der Waals surface area (Å²) in [5.74, 6) is 0. The second-order valence-corrected chi connectivity index (χ2v) is 8.49. The second kappa shape index (κ2) is 7.50. The number of aromatic amines is 1. The molecular formula is C18H20N6O4S. The summed E-state index contributed by atoms with van der Waals surface area (Å²) in [6, 6.07) is 5.40. The number of rotatable bonds is 5. The van der Waals surface area contributed by atoms with Crippen LogP contribution < -0.4 is 10.3 Å². The smallest absolute Gasteiger partial charge is 0.267 e. The number of ether oxygens (including phenoxy) is 1. The first-order valence-electron chi connectivity index (χ1n) is 8.99. The lowest BCUT2D eigenvalue weighted by Crippen LogP contribution is -2.44. The van der Waals surface area contributed by atoms with Crippen LogP contribution in [0.3, 0.4) is 0 Å². The molecule has 3 aromatic heterocycles. The fourth-order valence-electron chi connectivity index (χ4n) is 3.42. The predicted octanol–water partition coefficient (Wildman–Crippen LogP) is 0.564. The van der Waals surface area contributed by atoms with Crippen molar-refractivity contribution in [3.05, 3.63) is 58.4 Å². The molecule has 0 bridgehead atoms. The summed E-state index contributed by atoms with van der Waals surface area (Å²) >= 11 is 0. The maximum atomic E-state index is 12.9. The van der Waals surface area contributed by atoms with Crippen molar-refractivity contribution >= 4 is 10.0 Å². The number of aromatic nitrogens is 5. The van der Waals surface area contributed by atoms with Crippen molar-refractivity contribution in [1.82, 2.24) is 29.7 Å². The minimum Gasteiger partial charge on any atom is -0.377 e. The molecule has 29 heavy (non-hydrogen) atoms. The molecule has 2 N–H and O–H groups in total. The van der Waals surface area contributed by atoms with E-state index in [0.717, 1.165) is 5.56 Å². The average Bonchev–Trinajstić information content (AvgIpc) is 3.28. The molecule has 0 aromatic carbocycles. The quantitative estimate of drug-likeness (QED) is 0.621. The van der Waals surface area contributed by atoms with Crippen LogP contribution in [-0.2, 0) is 14.8 Å². The molecule has 1 fully saturated rings. The van der Waals surface area contributed by atoms with E-state index in [1.165, 1.54) is 10.7 Å². The third-order valence-electron chi connectivity index (χ3n) is 4.78. The van der Waals surface area contributed by atoms with E-state index in [4.69, 9.17) is 4.74 Å². The Kier molecular flexibility index (Phi) is 5.03. The number of H-pyrrole nitrogens is 1. The third kappa shape index (κ3) is 3.71. The van der Waals surface area contributed by atoms with E-state index in [2.05, 4.69) is 25.0 Å². The van der Waals surface area contributed by atoms with Gasteiger partial charge >= 0.3 is 0 Å². The molecular weight excluding hydrogens is 396 g/mol. The minimum absolute atomic E-state index is 0.104. The van der Waals surface area contributed by atoms with E-state index in [0.29, 0.717) is 17.1 Å². The Bertz CT molecular complexity index is 1170. The Morgan fingerprint density at radius 3 is 2.76 bits per heavy atom. The van der Waals surface area contributed by atoms with Gasteiger partial charge < -0.3 is 4.74 Å². The van der Waals surface area contributed by atoms with Gasteiger partial charge in [-0.15, -0.1) is 0 Å². The van der Waals surface area contributed by atoms with Crippen molar-refractivity contribution in [1.29, 1.82) is 0 Å². The molecule has 0 aliphatic carbocycles. The number of sulfonamides is 1. The molecule has 1 aliphatic heterocycles. The Morgan fingerprint density at radius 2 is 2.07 bits per heavy atom. The number of hydrogen-bond acceptors (Lipinski definition) is 7. The SMILES string of the molecule is Cc1n[nH]c(C)c1S(=O)(=O)NC1COCC1n1nc(-c2cccnc2)ccc1=O.